The van der Waals surface area contributed by atoms with Gasteiger partial charge in [0.05, 0.1) is 12.2 Å². The van der Waals surface area contributed by atoms with Gasteiger partial charge in [-0.1, -0.05) is 16.8 Å². The molecule has 7 heteroatoms. The van der Waals surface area contributed by atoms with Crippen molar-refractivity contribution in [2.24, 2.45) is 0 Å². The average Bonchev–Trinajstić information content (AvgIpc) is 3.14. The quantitative estimate of drug-likeness (QED) is 0.674. The van der Waals surface area contributed by atoms with Gasteiger partial charge in [-0.2, -0.15) is 0 Å². The lowest BCUT2D eigenvalue weighted by Gasteiger charge is -2.13. The number of carbonyl (C=O) groups excluding carboxylic acids is 1. The van der Waals surface area contributed by atoms with E-state index in [1.807, 2.05) is 31.2 Å². The van der Waals surface area contributed by atoms with Crippen molar-refractivity contribution in [2.45, 2.75) is 45.8 Å². The van der Waals surface area contributed by atoms with Crippen LogP contribution in [0.25, 0.3) is 10.9 Å². The summed E-state index contributed by atoms with van der Waals surface area (Å²) in [5.41, 5.74) is 1.70. The lowest BCUT2D eigenvalue weighted by molar-refractivity contribution is -0.130. The highest BCUT2D eigenvalue weighted by Crippen LogP contribution is 2.26. The zero-order valence-corrected chi connectivity index (χ0v) is 15.7. The number of fused-ring (bicyclic) bond motifs is 1. The minimum Gasteiger partial charge on any atom is -0.361 e. The first kappa shape index (κ1) is 18.5. The first-order valence-corrected chi connectivity index (χ1v) is 8.79. The van der Waals surface area contributed by atoms with E-state index in [9.17, 15) is 9.18 Å². The van der Waals surface area contributed by atoms with Gasteiger partial charge in [-0.05, 0) is 57.4 Å². The number of H-pyrrole nitrogens is 1. The van der Waals surface area contributed by atoms with Crippen molar-refractivity contribution >= 4 is 28.4 Å². The molecule has 0 aliphatic heterocycles. The smallest absolute Gasteiger partial charge is 0.257 e. The van der Waals surface area contributed by atoms with Crippen LogP contribution in [0.5, 0.6) is 0 Å². The normalized spacial score (nSPS) is 11.9. The summed E-state index contributed by atoms with van der Waals surface area (Å²) in [5.74, 6) is 0.145. The Kier molecular flexibility index (Phi) is 5.05. The number of halogens is 2. The maximum Gasteiger partial charge on any atom is 0.257 e. The zero-order chi connectivity index (χ0) is 18.9. The molecule has 138 valence electrons. The Morgan fingerprint density at radius 2 is 2.08 bits per heavy atom. The maximum atomic E-state index is 13.6. The predicted molar refractivity (Wildman–Crippen MR) is 99.0 cm³/mol. The Bertz CT molecular complexity index is 940. The molecule has 3 aromatic rings. The third-order valence-corrected chi connectivity index (χ3v) is 4.50. The number of carbonyl (C=O) groups is 1. The topological polar surface area (TPSA) is 70.9 Å². The van der Waals surface area contributed by atoms with Gasteiger partial charge in [0, 0.05) is 27.7 Å². The number of hydrogen-bond donors (Lipinski definition) is 2. The molecule has 2 N–H and O–H groups in total. The highest BCUT2D eigenvalue weighted by atomic mass is 35.5. The number of aryl methyl sites for hydroxylation is 3. The zero-order valence-electron chi connectivity index (χ0n) is 15.0. The molecule has 0 aliphatic rings. The van der Waals surface area contributed by atoms with Crippen LogP contribution in [0.15, 0.2) is 28.8 Å². The molecule has 26 heavy (non-hydrogen) atoms. The van der Waals surface area contributed by atoms with E-state index in [1.54, 1.807) is 0 Å². The standard InChI is InChI=1S/C19H21ClFN3O2/c1-11-6-14(24-26-11)5-4-12-9-17-13(8-16(12)20)7-15(23-17)10-22-18(25)19(2,3)21/h6-9,23H,4-5,10H2,1-3H3,(H,22,25). The fraction of sp³-hybridized carbons (Fsp3) is 0.368. The largest absolute Gasteiger partial charge is 0.361 e. The summed E-state index contributed by atoms with van der Waals surface area (Å²) in [4.78, 5) is 14.9. The van der Waals surface area contributed by atoms with Crippen LogP contribution in [0.1, 0.15) is 36.6 Å². The van der Waals surface area contributed by atoms with E-state index in [2.05, 4.69) is 15.5 Å². The van der Waals surface area contributed by atoms with Crippen molar-refractivity contribution in [3.63, 3.8) is 0 Å². The first-order valence-electron chi connectivity index (χ1n) is 8.42. The number of benzene rings is 1. The third-order valence-electron chi connectivity index (χ3n) is 4.15. The van der Waals surface area contributed by atoms with E-state index in [0.29, 0.717) is 5.02 Å². The summed E-state index contributed by atoms with van der Waals surface area (Å²) >= 11 is 6.39. The molecule has 5 nitrogen and oxygen atoms in total. The Balaban J connectivity index is 1.72. The molecule has 1 aromatic carbocycles. The van der Waals surface area contributed by atoms with Crippen LogP contribution in [-0.2, 0) is 24.2 Å². The molecular weight excluding hydrogens is 357 g/mol. The second-order valence-electron chi connectivity index (χ2n) is 6.91. The van der Waals surface area contributed by atoms with E-state index in [1.165, 1.54) is 13.8 Å². The van der Waals surface area contributed by atoms with Crippen LogP contribution in [0.3, 0.4) is 0 Å². The molecule has 0 radical (unpaired) electrons. The van der Waals surface area contributed by atoms with Crippen LogP contribution >= 0.6 is 11.6 Å². The molecule has 0 unspecified atom stereocenters. The maximum absolute atomic E-state index is 13.6. The number of amides is 1. The summed E-state index contributed by atoms with van der Waals surface area (Å²) in [6, 6.07) is 7.70. The van der Waals surface area contributed by atoms with Gasteiger partial charge in [-0.3, -0.25) is 4.79 Å². The fourth-order valence-electron chi connectivity index (χ4n) is 2.73. The number of aromatic nitrogens is 2. The van der Waals surface area contributed by atoms with Crippen molar-refractivity contribution in [1.29, 1.82) is 0 Å². The second-order valence-corrected chi connectivity index (χ2v) is 7.32. The van der Waals surface area contributed by atoms with E-state index in [0.717, 1.165) is 46.5 Å². The van der Waals surface area contributed by atoms with Crippen molar-refractivity contribution in [3.8, 4) is 0 Å². The van der Waals surface area contributed by atoms with Gasteiger partial charge in [-0.15, -0.1) is 0 Å². The van der Waals surface area contributed by atoms with Crippen LogP contribution in [0.2, 0.25) is 5.02 Å². The Hall–Kier alpha value is -2.34. The number of aromatic amines is 1. The molecule has 3 rings (SSSR count). The van der Waals surface area contributed by atoms with Crippen LogP contribution in [0, 0.1) is 6.92 Å². The van der Waals surface area contributed by atoms with Gasteiger partial charge in [0.2, 0.25) is 0 Å². The molecule has 1 amide bonds. The summed E-state index contributed by atoms with van der Waals surface area (Å²) in [7, 11) is 0. The summed E-state index contributed by atoms with van der Waals surface area (Å²) < 4.78 is 18.6. The molecule has 0 bridgehead atoms. The Morgan fingerprint density at radius 1 is 1.31 bits per heavy atom. The lowest BCUT2D eigenvalue weighted by atomic mass is 10.1. The molecule has 2 heterocycles. The van der Waals surface area contributed by atoms with E-state index < -0.39 is 11.6 Å². The minimum atomic E-state index is -1.90. The third kappa shape index (κ3) is 4.25. The van der Waals surface area contributed by atoms with Gasteiger partial charge >= 0.3 is 0 Å². The summed E-state index contributed by atoms with van der Waals surface area (Å²) in [6.07, 6.45) is 1.47. The molecule has 0 aliphatic carbocycles. The lowest BCUT2D eigenvalue weighted by Crippen LogP contribution is -2.38. The first-order chi connectivity index (χ1) is 12.2. The van der Waals surface area contributed by atoms with Crippen molar-refractivity contribution in [3.05, 3.63) is 52.0 Å². The Morgan fingerprint density at radius 3 is 2.73 bits per heavy atom. The summed E-state index contributed by atoms with van der Waals surface area (Å²) in [6.45, 7) is 4.55. The van der Waals surface area contributed by atoms with Crippen molar-refractivity contribution < 1.29 is 13.7 Å². The van der Waals surface area contributed by atoms with Gasteiger partial charge in [0.15, 0.2) is 5.67 Å². The molecule has 0 atom stereocenters. The highest BCUT2D eigenvalue weighted by molar-refractivity contribution is 6.32. The molecular formula is C19H21ClFN3O2. The van der Waals surface area contributed by atoms with Crippen molar-refractivity contribution in [2.75, 3.05) is 0 Å². The van der Waals surface area contributed by atoms with Gasteiger partial charge in [-0.25, -0.2) is 4.39 Å². The Labute approximate surface area is 155 Å². The van der Waals surface area contributed by atoms with Gasteiger partial charge < -0.3 is 14.8 Å². The SMILES string of the molecule is Cc1cc(CCc2cc3[nH]c(CNC(=O)C(C)(C)F)cc3cc2Cl)no1. The number of rotatable bonds is 6. The number of alkyl halides is 1. The van der Waals surface area contributed by atoms with Gasteiger partial charge in [0.1, 0.15) is 5.76 Å². The van der Waals surface area contributed by atoms with Crippen LogP contribution < -0.4 is 5.32 Å². The average molecular weight is 378 g/mol. The molecule has 0 fully saturated rings. The van der Waals surface area contributed by atoms with Gasteiger partial charge in [0.25, 0.3) is 5.91 Å². The van der Waals surface area contributed by atoms with Crippen LogP contribution in [-0.4, -0.2) is 21.7 Å². The van der Waals surface area contributed by atoms with E-state index >= 15 is 0 Å². The molecule has 0 saturated carbocycles. The molecule has 2 aromatic heterocycles. The molecule has 0 spiro atoms. The highest BCUT2D eigenvalue weighted by Gasteiger charge is 2.26. The minimum absolute atomic E-state index is 0.228. The predicted octanol–water partition coefficient (Wildman–Crippen LogP) is 4.27. The summed E-state index contributed by atoms with van der Waals surface area (Å²) in [5, 5.41) is 8.19. The number of nitrogens with one attached hydrogen (secondary N) is 2. The second kappa shape index (κ2) is 7.11. The van der Waals surface area contributed by atoms with Crippen molar-refractivity contribution in [1.82, 2.24) is 15.5 Å². The van der Waals surface area contributed by atoms with E-state index in [-0.39, 0.29) is 6.54 Å². The number of hydrogen-bond acceptors (Lipinski definition) is 3. The number of nitrogens with zero attached hydrogens (tertiary/aromatic N) is 1. The molecule has 0 saturated heterocycles. The van der Waals surface area contributed by atoms with Crippen LogP contribution in [0.4, 0.5) is 4.39 Å². The monoisotopic (exact) mass is 377 g/mol. The fourth-order valence-corrected chi connectivity index (χ4v) is 3.00. The van der Waals surface area contributed by atoms with E-state index in [4.69, 9.17) is 16.1 Å².